The van der Waals surface area contributed by atoms with Gasteiger partial charge >= 0.3 is 0 Å². The largest absolute Gasteiger partial charge is 0.346 e. The lowest BCUT2D eigenvalue weighted by molar-refractivity contribution is 0.909. The van der Waals surface area contributed by atoms with E-state index in [1.165, 1.54) is 11.3 Å². The molecule has 0 aliphatic carbocycles. The molecule has 0 unspecified atom stereocenters. The van der Waals surface area contributed by atoms with Crippen molar-refractivity contribution in [3.8, 4) is 0 Å². The van der Waals surface area contributed by atoms with Crippen LogP contribution in [0.15, 0.2) is 12.3 Å². The fourth-order valence-corrected chi connectivity index (χ4v) is 1.47. The van der Waals surface area contributed by atoms with Crippen LogP contribution in [0.3, 0.4) is 0 Å². The standard InChI is InChI=1S/C9H11N3/c1-6-7(2)12(3)8-4-5-10-11-9(6)8/h4-5H,1-3H3. The number of aromatic nitrogens is 3. The fourth-order valence-electron chi connectivity index (χ4n) is 1.47. The topological polar surface area (TPSA) is 30.7 Å². The molecular formula is C9H11N3. The van der Waals surface area contributed by atoms with Gasteiger partial charge in [0.25, 0.3) is 0 Å². The highest BCUT2D eigenvalue weighted by Gasteiger charge is 2.07. The lowest BCUT2D eigenvalue weighted by Crippen LogP contribution is -1.90. The molecule has 0 N–H and O–H groups in total. The van der Waals surface area contributed by atoms with Crippen LogP contribution in [0.2, 0.25) is 0 Å². The quantitative estimate of drug-likeness (QED) is 0.587. The number of aryl methyl sites for hydroxylation is 2. The monoisotopic (exact) mass is 161 g/mol. The maximum absolute atomic E-state index is 4.09. The molecule has 0 fully saturated rings. The van der Waals surface area contributed by atoms with Gasteiger partial charge in [-0.2, -0.15) is 5.10 Å². The number of rotatable bonds is 0. The van der Waals surface area contributed by atoms with Crippen LogP contribution in [0.1, 0.15) is 11.3 Å². The summed E-state index contributed by atoms with van der Waals surface area (Å²) in [6.45, 7) is 4.17. The number of hydrogen-bond acceptors (Lipinski definition) is 2. The normalized spacial score (nSPS) is 10.9. The molecule has 0 saturated carbocycles. The van der Waals surface area contributed by atoms with E-state index >= 15 is 0 Å². The highest BCUT2D eigenvalue weighted by molar-refractivity contribution is 5.80. The van der Waals surface area contributed by atoms with Crippen molar-refractivity contribution in [3.63, 3.8) is 0 Å². The fraction of sp³-hybridized carbons (Fsp3) is 0.333. The van der Waals surface area contributed by atoms with Crippen LogP contribution >= 0.6 is 0 Å². The van der Waals surface area contributed by atoms with Crippen LogP contribution in [0.25, 0.3) is 11.0 Å². The van der Waals surface area contributed by atoms with Crippen molar-refractivity contribution in [2.45, 2.75) is 13.8 Å². The third-order valence-corrected chi connectivity index (χ3v) is 2.46. The summed E-state index contributed by atoms with van der Waals surface area (Å²) < 4.78 is 2.14. The van der Waals surface area contributed by atoms with Gasteiger partial charge in [-0.25, -0.2) is 0 Å². The molecule has 2 rings (SSSR count). The third-order valence-electron chi connectivity index (χ3n) is 2.46. The summed E-state index contributed by atoms with van der Waals surface area (Å²) in [5, 5.41) is 7.96. The van der Waals surface area contributed by atoms with Gasteiger partial charge in [0.1, 0.15) is 5.52 Å². The molecule has 62 valence electrons. The average Bonchev–Trinajstić information content (AvgIpc) is 2.33. The Bertz CT molecular complexity index is 390. The van der Waals surface area contributed by atoms with Crippen molar-refractivity contribution in [3.05, 3.63) is 23.5 Å². The van der Waals surface area contributed by atoms with Gasteiger partial charge in [-0.05, 0) is 25.5 Å². The summed E-state index contributed by atoms with van der Waals surface area (Å²) in [4.78, 5) is 0. The summed E-state index contributed by atoms with van der Waals surface area (Å²) in [6.07, 6.45) is 1.72. The van der Waals surface area contributed by atoms with E-state index in [9.17, 15) is 0 Å². The maximum atomic E-state index is 4.09. The highest BCUT2D eigenvalue weighted by Crippen LogP contribution is 2.20. The molecule has 0 amide bonds. The van der Waals surface area contributed by atoms with E-state index in [1.54, 1.807) is 6.20 Å². The average molecular weight is 161 g/mol. The summed E-state index contributed by atoms with van der Waals surface area (Å²) in [7, 11) is 2.05. The minimum Gasteiger partial charge on any atom is -0.346 e. The van der Waals surface area contributed by atoms with Crippen molar-refractivity contribution in [2.75, 3.05) is 0 Å². The minimum atomic E-state index is 1.01. The summed E-state index contributed by atoms with van der Waals surface area (Å²) in [6, 6.07) is 1.99. The molecule has 0 aliphatic heterocycles. The van der Waals surface area contributed by atoms with Crippen LogP contribution in [0.5, 0.6) is 0 Å². The Morgan fingerprint density at radius 3 is 2.75 bits per heavy atom. The van der Waals surface area contributed by atoms with Crippen LogP contribution in [-0.4, -0.2) is 14.8 Å². The Balaban J connectivity index is 2.99. The van der Waals surface area contributed by atoms with E-state index in [4.69, 9.17) is 0 Å². The van der Waals surface area contributed by atoms with E-state index in [-0.39, 0.29) is 0 Å². The van der Waals surface area contributed by atoms with Crippen molar-refractivity contribution in [2.24, 2.45) is 7.05 Å². The van der Waals surface area contributed by atoms with Gasteiger partial charge in [-0.1, -0.05) is 0 Å². The molecule has 2 aromatic rings. The molecule has 0 atom stereocenters. The van der Waals surface area contributed by atoms with Crippen molar-refractivity contribution < 1.29 is 0 Å². The second-order valence-corrected chi connectivity index (χ2v) is 3.03. The zero-order valence-corrected chi connectivity index (χ0v) is 7.50. The molecule has 12 heavy (non-hydrogen) atoms. The minimum absolute atomic E-state index is 1.01. The van der Waals surface area contributed by atoms with Crippen LogP contribution in [-0.2, 0) is 7.05 Å². The molecule has 0 radical (unpaired) electrons. The first-order valence-electron chi connectivity index (χ1n) is 3.95. The van der Waals surface area contributed by atoms with Gasteiger partial charge < -0.3 is 4.57 Å². The second-order valence-electron chi connectivity index (χ2n) is 3.03. The van der Waals surface area contributed by atoms with Gasteiger partial charge in [0.15, 0.2) is 0 Å². The molecule has 0 saturated heterocycles. The summed E-state index contributed by atoms with van der Waals surface area (Å²) in [5.41, 5.74) is 4.64. The first-order valence-corrected chi connectivity index (χ1v) is 3.95. The van der Waals surface area contributed by atoms with Crippen molar-refractivity contribution >= 4 is 11.0 Å². The first-order chi connectivity index (χ1) is 5.72. The lowest BCUT2D eigenvalue weighted by atomic mass is 10.2. The first kappa shape index (κ1) is 7.28. The lowest BCUT2D eigenvalue weighted by Gasteiger charge is -1.96. The zero-order chi connectivity index (χ0) is 8.72. The number of hydrogen-bond donors (Lipinski definition) is 0. The predicted molar refractivity (Wildman–Crippen MR) is 48.0 cm³/mol. The molecule has 0 aromatic carbocycles. The molecule has 0 bridgehead atoms. The second kappa shape index (κ2) is 2.30. The molecule has 3 heteroatoms. The van der Waals surface area contributed by atoms with Crippen LogP contribution in [0, 0.1) is 13.8 Å². The number of nitrogens with zero attached hydrogens (tertiary/aromatic N) is 3. The smallest absolute Gasteiger partial charge is 0.114 e. The molecule has 0 aliphatic rings. The molecule has 2 heterocycles. The van der Waals surface area contributed by atoms with Gasteiger partial charge in [0.2, 0.25) is 0 Å². The van der Waals surface area contributed by atoms with Crippen molar-refractivity contribution in [1.82, 2.24) is 14.8 Å². The zero-order valence-electron chi connectivity index (χ0n) is 7.50. The molecule has 0 spiro atoms. The molecule has 3 nitrogen and oxygen atoms in total. The van der Waals surface area contributed by atoms with E-state index < -0.39 is 0 Å². The van der Waals surface area contributed by atoms with E-state index in [0.29, 0.717) is 0 Å². The highest BCUT2D eigenvalue weighted by atomic mass is 15.1. The van der Waals surface area contributed by atoms with Gasteiger partial charge in [0, 0.05) is 12.7 Å². The van der Waals surface area contributed by atoms with E-state index in [0.717, 1.165) is 11.0 Å². The van der Waals surface area contributed by atoms with Crippen molar-refractivity contribution in [1.29, 1.82) is 0 Å². The SMILES string of the molecule is Cc1c(C)n(C)c2ccnnc12. The van der Waals surface area contributed by atoms with Gasteiger partial charge in [0.05, 0.1) is 11.7 Å². The maximum Gasteiger partial charge on any atom is 0.114 e. The number of fused-ring (bicyclic) bond motifs is 1. The Kier molecular flexibility index (Phi) is 1.40. The predicted octanol–water partition coefficient (Wildman–Crippen LogP) is 1.59. The Labute approximate surface area is 71.0 Å². The third kappa shape index (κ3) is 0.763. The van der Waals surface area contributed by atoms with Crippen LogP contribution < -0.4 is 0 Å². The van der Waals surface area contributed by atoms with E-state index in [1.807, 2.05) is 13.1 Å². The Morgan fingerprint density at radius 2 is 2.08 bits per heavy atom. The molecular weight excluding hydrogens is 150 g/mol. The Morgan fingerprint density at radius 1 is 1.33 bits per heavy atom. The Hall–Kier alpha value is -1.38. The van der Waals surface area contributed by atoms with Crippen LogP contribution in [0.4, 0.5) is 0 Å². The van der Waals surface area contributed by atoms with Gasteiger partial charge in [-0.3, -0.25) is 0 Å². The summed E-state index contributed by atoms with van der Waals surface area (Å²) >= 11 is 0. The molecule has 2 aromatic heterocycles. The van der Waals surface area contributed by atoms with E-state index in [2.05, 4.69) is 28.6 Å². The van der Waals surface area contributed by atoms with Gasteiger partial charge in [-0.15, -0.1) is 5.10 Å². The summed E-state index contributed by atoms with van der Waals surface area (Å²) in [5.74, 6) is 0.